The summed E-state index contributed by atoms with van der Waals surface area (Å²) < 4.78 is 0. The molecule has 0 aliphatic carbocycles. The molecule has 0 radical (unpaired) electrons. The number of carbonyl (C=O) groups excluding carboxylic acids is 1. The zero-order chi connectivity index (χ0) is 12.1. The van der Waals surface area contributed by atoms with E-state index in [4.69, 9.17) is 28.5 Å². The molecule has 0 heterocycles. The van der Waals surface area contributed by atoms with Gasteiger partial charge in [-0.25, -0.2) is 0 Å². The van der Waals surface area contributed by atoms with Crippen LogP contribution >= 0.6 is 23.2 Å². The van der Waals surface area contributed by atoms with Crippen LogP contribution in [0.4, 0.5) is 5.69 Å². The van der Waals surface area contributed by atoms with E-state index in [0.717, 1.165) is 0 Å². The van der Waals surface area contributed by atoms with Gasteiger partial charge >= 0.3 is 0 Å². The molecule has 0 fully saturated rings. The molecule has 3 nitrogen and oxygen atoms in total. The molecule has 1 aromatic rings. The van der Waals surface area contributed by atoms with Crippen LogP contribution in [0.15, 0.2) is 18.2 Å². The van der Waals surface area contributed by atoms with Crippen LogP contribution in [0.3, 0.4) is 0 Å². The number of nitrogens with zero attached hydrogens (tertiary/aromatic N) is 1. The van der Waals surface area contributed by atoms with Crippen molar-refractivity contribution >= 4 is 34.8 Å². The minimum atomic E-state index is -0.321. The minimum absolute atomic E-state index is 0.138. The number of amides is 1. The first-order valence-electron chi connectivity index (χ1n) is 4.68. The quantitative estimate of drug-likeness (QED) is 0.901. The highest BCUT2D eigenvalue weighted by molar-refractivity contribution is 6.43. The number of hydrogen-bond acceptors (Lipinski definition) is 2. The smallest absolute Gasteiger partial charge is 0.225 e. The lowest BCUT2D eigenvalue weighted by Crippen LogP contribution is -2.14. The Labute approximate surface area is 104 Å². The Hall–Kier alpha value is -1.24. The van der Waals surface area contributed by atoms with Gasteiger partial charge in [-0.3, -0.25) is 4.79 Å². The number of halogens is 2. The van der Waals surface area contributed by atoms with Gasteiger partial charge in [-0.1, -0.05) is 29.3 Å². The van der Waals surface area contributed by atoms with E-state index < -0.39 is 0 Å². The molecule has 0 aliphatic rings. The SMILES string of the molecule is CC(C#N)CC(=O)Nc1cccc(Cl)c1Cl. The van der Waals surface area contributed by atoms with Crippen molar-refractivity contribution in [2.75, 3.05) is 5.32 Å². The van der Waals surface area contributed by atoms with Crippen molar-refractivity contribution in [3.8, 4) is 6.07 Å². The van der Waals surface area contributed by atoms with E-state index in [1.54, 1.807) is 25.1 Å². The number of nitrogens with one attached hydrogen (secondary N) is 1. The Kier molecular flexibility index (Phi) is 4.60. The van der Waals surface area contributed by atoms with Crippen LogP contribution in [0.5, 0.6) is 0 Å². The number of benzene rings is 1. The highest BCUT2D eigenvalue weighted by Crippen LogP contribution is 2.29. The summed E-state index contributed by atoms with van der Waals surface area (Å²) in [6.45, 7) is 1.68. The topological polar surface area (TPSA) is 52.9 Å². The molecular weight excluding hydrogens is 247 g/mol. The minimum Gasteiger partial charge on any atom is -0.325 e. The van der Waals surface area contributed by atoms with Gasteiger partial charge in [-0.15, -0.1) is 0 Å². The van der Waals surface area contributed by atoms with Gasteiger partial charge in [0.25, 0.3) is 0 Å². The Morgan fingerprint density at radius 2 is 2.25 bits per heavy atom. The molecule has 1 aromatic carbocycles. The van der Waals surface area contributed by atoms with Gasteiger partial charge in [-0.05, 0) is 19.1 Å². The average molecular weight is 257 g/mol. The van der Waals surface area contributed by atoms with E-state index in [1.807, 2.05) is 6.07 Å². The molecule has 1 N–H and O–H groups in total. The number of anilines is 1. The Morgan fingerprint density at radius 3 is 2.88 bits per heavy atom. The summed E-state index contributed by atoms with van der Waals surface area (Å²) in [5, 5.41) is 11.9. The number of carbonyl (C=O) groups is 1. The molecular formula is C11H10Cl2N2O. The highest BCUT2D eigenvalue weighted by atomic mass is 35.5. The predicted octanol–water partition coefficient (Wildman–Crippen LogP) is 3.48. The molecule has 1 amide bonds. The monoisotopic (exact) mass is 256 g/mol. The van der Waals surface area contributed by atoms with E-state index in [2.05, 4.69) is 5.32 Å². The van der Waals surface area contributed by atoms with Crippen molar-refractivity contribution in [1.82, 2.24) is 0 Å². The normalized spacial score (nSPS) is 11.6. The molecule has 0 bridgehead atoms. The van der Waals surface area contributed by atoms with Crippen LogP contribution in [0.2, 0.25) is 10.0 Å². The Morgan fingerprint density at radius 1 is 1.56 bits per heavy atom. The first-order chi connectivity index (χ1) is 7.54. The molecule has 1 atom stereocenters. The average Bonchev–Trinajstić information content (AvgIpc) is 2.24. The molecule has 5 heteroatoms. The van der Waals surface area contributed by atoms with Gasteiger partial charge in [0, 0.05) is 6.42 Å². The van der Waals surface area contributed by atoms with Crippen molar-refractivity contribution in [3.63, 3.8) is 0 Å². The highest BCUT2D eigenvalue weighted by Gasteiger charge is 2.11. The second-order valence-corrected chi connectivity index (χ2v) is 4.17. The zero-order valence-electron chi connectivity index (χ0n) is 8.63. The fourth-order valence-corrected chi connectivity index (χ4v) is 1.47. The fourth-order valence-electron chi connectivity index (χ4n) is 1.13. The number of hydrogen-bond donors (Lipinski definition) is 1. The summed E-state index contributed by atoms with van der Waals surface area (Å²) >= 11 is 11.7. The summed E-state index contributed by atoms with van der Waals surface area (Å²) in [5.74, 6) is -0.573. The van der Waals surface area contributed by atoms with E-state index in [9.17, 15) is 4.79 Å². The van der Waals surface area contributed by atoms with E-state index in [0.29, 0.717) is 15.7 Å². The maximum Gasteiger partial charge on any atom is 0.225 e. The Bertz CT molecular complexity index is 440. The third-order valence-corrected chi connectivity index (χ3v) is 2.76. The summed E-state index contributed by atoms with van der Waals surface area (Å²) in [6, 6.07) is 6.97. The molecule has 1 unspecified atom stereocenters. The van der Waals surface area contributed by atoms with Crippen molar-refractivity contribution in [2.45, 2.75) is 13.3 Å². The van der Waals surface area contributed by atoms with Crippen molar-refractivity contribution in [3.05, 3.63) is 28.2 Å². The first kappa shape index (κ1) is 12.8. The molecule has 16 heavy (non-hydrogen) atoms. The van der Waals surface area contributed by atoms with Gasteiger partial charge in [0.05, 0.1) is 27.7 Å². The largest absolute Gasteiger partial charge is 0.325 e. The van der Waals surface area contributed by atoms with Crippen LogP contribution in [-0.4, -0.2) is 5.91 Å². The van der Waals surface area contributed by atoms with E-state index in [-0.39, 0.29) is 18.2 Å². The maximum atomic E-state index is 11.5. The summed E-state index contributed by atoms with van der Waals surface area (Å²) in [5.41, 5.74) is 0.462. The fraction of sp³-hybridized carbons (Fsp3) is 0.273. The van der Waals surface area contributed by atoms with Gasteiger partial charge < -0.3 is 5.32 Å². The van der Waals surface area contributed by atoms with Crippen LogP contribution in [0.25, 0.3) is 0 Å². The third-order valence-electron chi connectivity index (χ3n) is 1.94. The van der Waals surface area contributed by atoms with E-state index in [1.165, 1.54) is 0 Å². The van der Waals surface area contributed by atoms with Crippen LogP contribution in [0, 0.1) is 17.2 Å². The summed E-state index contributed by atoms with van der Waals surface area (Å²) in [6.07, 6.45) is 0.138. The molecule has 0 saturated carbocycles. The second-order valence-electron chi connectivity index (χ2n) is 3.38. The van der Waals surface area contributed by atoms with E-state index >= 15 is 0 Å². The summed E-state index contributed by atoms with van der Waals surface area (Å²) in [4.78, 5) is 11.5. The maximum absolute atomic E-state index is 11.5. The lowest BCUT2D eigenvalue weighted by Gasteiger charge is -2.08. The van der Waals surface area contributed by atoms with Gasteiger partial charge in [0.1, 0.15) is 0 Å². The number of rotatable bonds is 3. The van der Waals surface area contributed by atoms with Crippen LogP contribution in [-0.2, 0) is 4.79 Å². The van der Waals surface area contributed by atoms with Crippen LogP contribution in [0.1, 0.15) is 13.3 Å². The van der Waals surface area contributed by atoms with Gasteiger partial charge in [0.2, 0.25) is 5.91 Å². The second kappa shape index (κ2) is 5.74. The predicted molar refractivity (Wildman–Crippen MR) is 64.5 cm³/mol. The molecule has 84 valence electrons. The van der Waals surface area contributed by atoms with Crippen molar-refractivity contribution < 1.29 is 4.79 Å². The molecule has 0 aromatic heterocycles. The summed E-state index contributed by atoms with van der Waals surface area (Å²) in [7, 11) is 0. The van der Waals surface area contributed by atoms with Crippen molar-refractivity contribution in [1.29, 1.82) is 5.26 Å². The molecule has 0 saturated heterocycles. The lowest BCUT2D eigenvalue weighted by molar-refractivity contribution is -0.116. The lowest BCUT2D eigenvalue weighted by atomic mass is 10.1. The first-order valence-corrected chi connectivity index (χ1v) is 5.43. The van der Waals surface area contributed by atoms with Crippen LogP contribution < -0.4 is 5.32 Å². The standard InChI is InChI=1S/C11H10Cl2N2O/c1-7(6-14)5-10(16)15-9-4-2-3-8(12)11(9)13/h2-4,7H,5H2,1H3,(H,15,16). The molecule has 0 aliphatic heterocycles. The molecule has 1 rings (SSSR count). The zero-order valence-corrected chi connectivity index (χ0v) is 10.1. The van der Waals surface area contributed by atoms with Gasteiger partial charge in [-0.2, -0.15) is 5.26 Å². The van der Waals surface area contributed by atoms with Crippen molar-refractivity contribution in [2.24, 2.45) is 5.92 Å². The number of nitriles is 1. The Balaban J connectivity index is 2.71. The molecule has 0 spiro atoms. The third kappa shape index (κ3) is 3.41. The van der Waals surface area contributed by atoms with Gasteiger partial charge in [0.15, 0.2) is 0 Å².